The smallest absolute Gasteiger partial charge is 0.221 e. The van der Waals surface area contributed by atoms with Crippen molar-refractivity contribution in [1.29, 1.82) is 0 Å². The molecule has 0 bridgehead atoms. The molecule has 0 fully saturated rings. The molecule has 0 spiro atoms. The lowest BCUT2D eigenvalue weighted by atomic mass is 10.2. The summed E-state index contributed by atoms with van der Waals surface area (Å²) in [6.45, 7) is 7.34. The third kappa shape index (κ3) is 9.34. The first-order valence-corrected chi connectivity index (χ1v) is 9.69. The molecule has 164 valence electrons. The summed E-state index contributed by atoms with van der Waals surface area (Å²) >= 11 is 0. The number of benzene rings is 2. The summed E-state index contributed by atoms with van der Waals surface area (Å²) in [6.07, 6.45) is -0.0611. The summed E-state index contributed by atoms with van der Waals surface area (Å²) in [5.74, 6) is 2.14. The second-order valence-corrected chi connectivity index (χ2v) is 6.57. The Hall–Kier alpha value is -2.49. The van der Waals surface area contributed by atoms with Gasteiger partial charge < -0.3 is 25.4 Å². The summed E-state index contributed by atoms with van der Waals surface area (Å²) in [6, 6.07) is 15.2. The Morgan fingerprint density at radius 3 is 2.53 bits per heavy atom. The van der Waals surface area contributed by atoms with Crippen LogP contribution < -0.4 is 25.4 Å². The number of halogens is 1. The molecule has 0 aliphatic heterocycles. The molecule has 8 heteroatoms. The fourth-order valence-corrected chi connectivity index (χ4v) is 2.65. The number of aliphatic imine (C=N–C) groups is 1. The lowest BCUT2D eigenvalue weighted by Gasteiger charge is -2.18. The number of amides is 1. The largest absolute Gasteiger partial charge is 0.497 e. The van der Waals surface area contributed by atoms with Crippen molar-refractivity contribution in [3.8, 4) is 11.5 Å². The molecule has 1 unspecified atom stereocenters. The van der Waals surface area contributed by atoms with Gasteiger partial charge in [-0.3, -0.25) is 4.79 Å². The molecule has 7 nitrogen and oxygen atoms in total. The van der Waals surface area contributed by atoms with Gasteiger partial charge in [0.1, 0.15) is 17.6 Å². The van der Waals surface area contributed by atoms with Crippen molar-refractivity contribution in [2.45, 2.75) is 33.4 Å². The topological polar surface area (TPSA) is 84.0 Å². The lowest BCUT2D eigenvalue weighted by Crippen LogP contribution is -2.41. The second-order valence-electron chi connectivity index (χ2n) is 6.57. The molecule has 30 heavy (non-hydrogen) atoms. The average molecular weight is 526 g/mol. The summed E-state index contributed by atoms with van der Waals surface area (Å²) in [4.78, 5) is 15.8. The summed E-state index contributed by atoms with van der Waals surface area (Å²) in [7, 11) is 1.63. The van der Waals surface area contributed by atoms with E-state index in [2.05, 4.69) is 20.9 Å². The van der Waals surface area contributed by atoms with Crippen molar-refractivity contribution in [1.82, 2.24) is 10.6 Å². The van der Waals surface area contributed by atoms with Crippen LogP contribution in [0.3, 0.4) is 0 Å². The van der Waals surface area contributed by atoms with Crippen LogP contribution in [-0.4, -0.2) is 38.2 Å². The zero-order chi connectivity index (χ0) is 21.1. The van der Waals surface area contributed by atoms with Gasteiger partial charge in [0.15, 0.2) is 5.96 Å². The average Bonchev–Trinajstić information content (AvgIpc) is 2.70. The van der Waals surface area contributed by atoms with Crippen molar-refractivity contribution in [2.24, 2.45) is 4.99 Å². The molecule has 2 rings (SSSR count). The molecule has 0 aromatic heterocycles. The monoisotopic (exact) mass is 526 g/mol. The van der Waals surface area contributed by atoms with Crippen LogP contribution in [0.5, 0.6) is 11.5 Å². The minimum absolute atomic E-state index is 0. The maximum absolute atomic E-state index is 11.2. The molecular weight excluding hydrogens is 495 g/mol. The quantitative estimate of drug-likeness (QED) is 0.263. The molecule has 0 saturated carbocycles. The highest BCUT2D eigenvalue weighted by Gasteiger charge is 2.07. The second kappa shape index (κ2) is 13.7. The van der Waals surface area contributed by atoms with Crippen LogP contribution in [0, 0.1) is 0 Å². The number of anilines is 1. The van der Waals surface area contributed by atoms with E-state index in [9.17, 15) is 4.79 Å². The van der Waals surface area contributed by atoms with E-state index < -0.39 is 0 Å². The predicted octanol–water partition coefficient (Wildman–Crippen LogP) is 3.79. The molecule has 0 saturated heterocycles. The maximum atomic E-state index is 11.2. The van der Waals surface area contributed by atoms with Crippen LogP contribution in [-0.2, 0) is 11.3 Å². The number of nitrogens with one attached hydrogen (secondary N) is 3. The van der Waals surface area contributed by atoms with Crippen molar-refractivity contribution in [2.75, 3.05) is 25.5 Å². The third-order valence-corrected chi connectivity index (χ3v) is 3.95. The fourth-order valence-electron chi connectivity index (χ4n) is 2.65. The van der Waals surface area contributed by atoms with Gasteiger partial charge in [-0.05, 0) is 43.7 Å². The van der Waals surface area contributed by atoms with Gasteiger partial charge >= 0.3 is 0 Å². The fraction of sp³-hybridized carbons (Fsp3) is 0.364. The number of nitrogens with zero attached hydrogens (tertiary/aromatic N) is 1. The Labute approximate surface area is 195 Å². The van der Waals surface area contributed by atoms with E-state index in [4.69, 9.17) is 9.47 Å². The number of ether oxygens (including phenoxy) is 2. The zero-order valence-electron chi connectivity index (χ0n) is 17.9. The number of rotatable bonds is 9. The number of methoxy groups -OCH3 is 1. The van der Waals surface area contributed by atoms with Gasteiger partial charge in [-0.15, -0.1) is 24.0 Å². The van der Waals surface area contributed by atoms with Crippen molar-refractivity contribution in [3.05, 3.63) is 54.1 Å². The Bertz CT molecular complexity index is 830. The van der Waals surface area contributed by atoms with Gasteiger partial charge in [-0.1, -0.05) is 18.2 Å². The summed E-state index contributed by atoms with van der Waals surface area (Å²) in [5.41, 5.74) is 1.78. The molecule has 2 aromatic rings. The molecule has 2 aromatic carbocycles. The Balaban J connectivity index is 0.00000450. The van der Waals surface area contributed by atoms with Crippen molar-refractivity contribution < 1.29 is 14.3 Å². The van der Waals surface area contributed by atoms with Crippen molar-refractivity contribution >= 4 is 41.5 Å². The number of carbonyl (C=O) groups excluding carboxylic acids is 1. The minimum atomic E-state index is -0.0920. The Morgan fingerprint density at radius 2 is 1.83 bits per heavy atom. The highest BCUT2D eigenvalue weighted by molar-refractivity contribution is 14.0. The molecule has 1 atom stereocenters. The summed E-state index contributed by atoms with van der Waals surface area (Å²) < 4.78 is 11.2. The molecule has 3 N–H and O–H groups in total. The summed E-state index contributed by atoms with van der Waals surface area (Å²) in [5, 5.41) is 9.32. The van der Waals surface area contributed by atoms with Crippen LogP contribution in [0.1, 0.15) is 26.3 Å². The molecule has 0 radical (unpaired) electrons. The van der Waals surface area contributed by atoms with Crippen LogP contribution in [0.15, 0.2) is 53.5 Å². The van der Waals surface area contributed by atoms with Crippen LogP contribution in [0.25, 0.3) is 0 Å². The molecule has 0 aliphatic rings. The highest BCUT2D eigenvalue weighted by atomic mass is 127. The van der Waals surface area contributed by atoms with Gasteiger partial charge in [0.2, 0.25) is 5.91 Å². The van der Waals surface area contributed by atoms with E-state index in [1.165, 1.54) is 6.92 Å². The van der Waals surface area contributed by atoms with E-state index in [1.54, 1.807) is 7.11 Å². The van der Waals surface area contributed by atoms with Crippen LogP contribution in [0.2, 0.25) is 0 Å². The first kappa shape index (κ1) is 25.5. The van der Waals surface area contributed by atoms with Crippen LogP contribution >= 0.6 is 24.0 Å². The van der Waals surface area contributed by atoms with E-state index in [0.29, 0.717) is 19.0 Å². The Kier molecular flexibility index (Phi) is 11.7. The lowest BCUT2D eigenvalue weighted by molar-refractivity contribution is -0.114. The van der Waals surface area contributed by atoms with Crippen LogP contribution in [0.4, 0.5) is 5.69 Å². The van der Waals surface area contributed by atoms with Gasteiger partial charge in [0.25, 0.3) is 0 Å². The highest BCUT2D eigenvalue weighted by Crippen LogP contribution is 2.19. The van der Waals surface area contributed by atoms with E-state index >= 15 is 0 Å². The predicted molar refractivity (Wildman–Crippen MR) is 132 cm³/mol. The first-order valence-electron chi connectivity index (χ1n) is 9.69. The minimum Gasteiger partial charge on any atom is -0.497 e. The van der Waals surface area contributed by atoms with E-state index in [0.717, 1.165) is 29.3 Å². The van der Waals surface area contributed by atoms with E-state index in [1.807, 2.05) is 62.4 Å². The van der Waals surface area contributed by atoms with Gasteiger partial charge in [-0.25, -0.2) is 4.99 Å². The normalized spacial score (nSPS) is 11.7. The zero-order valence-corrected chi connectivity index (χ0v) is 20.2. The maximum Gasteiger partial charge on any atom is 0.221 e. The Morgan fingerprint density at radius 1 is 1.10 bits per heavy atom. The van der Waals surface area contributed by atoms with Crippen molar-refractivity contribution in [3.63, 3.8) is 0 Å². The van der Waals surface area contributed by atoms with Gasteiger partial charge in [0.05, 0.1) is 20.2 Å². The first-order chi connectivity index (χ1) is 14.0. The molecule has 0 aliphatic carbocycles. The number of guanidine groups is 1. The van der Waals surface area contributed by atoms with Gasteiger partial charge in [0, 0.05) is 25.2 Å². The number of hydrogen-bond donors (Lipinski definition) is 3. The molecule has 1 amide bonds. The SMILES string of the molecule is CCNC(=NCc1cccc(NC(C)=O)c1)NCC(C)Oc1cccc(OC)c1.I. The van der Waals surface area contributed by atoms with E-state index in [-0.39, 0.29) is 36.0 Å². The van der Waals surface area contributed by atoms with Gasteiger partial charge in [-0.2, -0.15) is 0 Å². The standard InChI is InChI=1S/C22H30N4O3.HI/c1-5-23-22(25-15-18-8-6-9-19(12-18)26-17(3)27)24-14-16(2)29-21-11-7-10-20(13-21)28-4;/h6-13,16H,5,14-15H2,1-4H3,(H,26,27)(H2,23,24,25);1H. The molecule has 0 heterocycles. The third-order valence-electron chi connectivity index (χ3n) is 3.95. The number of carbonyl (C=O) groups is 1. The molecular formula is C22H31IN4O3. The number of hydrogen-bond acceptors (Lipinski definition) is 4.